The van der Waals surface area contributed by atoms with Crippen molar-refractivity contribution >= 4 is 17.7 Å². The fraction of sp³-hybridized carbons (Fsp3) is 0.300. The first-order chi connectivity index (χ1) is 16.4. The van der Waals surface area contributed by atoms with Crippen molar-refractivity contribution in [3.63, 3.8) is 0 Å². The van der Waals surface area contributed by atoms with Crippen LogP contribution in [0.15, 0.2) is 72.8 Å². The minimum Gasteiger partial charge on any atom is -0.508 e. The van der Waals surface area contributed by atoms with E-state index in [2.05, 4.69) is 68.1 Å². The second-order valence-electron chi connectivity index (χ2n) is 9.19. The lowest BCUT2D eigenvalue weighted by molar-refractivity contribution is -0.134. The maximum atomic E-state index is 11.5. The quantitative estimate of drug-likeness (QED) is 0.344. The number of aromatic hydroxyl groups is 1. The van der Waals surface area contributed by atoms with E-state index in [1.807, 2.05) is 18.2 Å². The van der Waals surface area contributed by atoms with Crippen LogP contribution in [0, 0.1) is 0 Å². The first-order valence-corrected chi connectivity index (χ1v) is 11.9. The fourth-order valence-corrected chi connectivity index (χ4v) is 4.93. The zero-order chi connectivity index (χ0) is 24.3. The van der Waals surface area contributed by atoms with Gasteiger partial charge in [-0.1, -0.05) is 56.3 Å². The van der Waals surface area contributed by atoms with E-state index < -0.39 is 5.54 Å². The molecule has 0 saturated heterocycles. The Labute approximate surface area is 202 Å². The van der Waals surface area contributed by atoms with E-state index in [0.29, 0.717) is 11.7 Å². The van der Waals surface area contributed by atoms with E-state index in [-0.39, 0.29) is 5.97 Å². The molecule has 3 aromatic carbocycles. The third-order valence-electron chi connectivity index (χ3n) is 7.23. The van der Waals surface area contributed by atoms with Gasteiger partial charge in [-0.25, -0.2) is 4.79 Å². The van der Waals surface area contributed by atoms with Crippen LogP contribution in [0.4, 0.5) is 5.69 Å². The van der Waals surface area contributed by atoms with Gasteiger partial charge in [-0.05, 0) is 83.8 Å². The predicted octanol–water partition coefficient (Wildman–Crippen LogP) is 6.42. The van der Waals surface area contributed by atoms with Crippen molar-refractivity contribution < 1.29 is 14.6 Å². The van der Waals surface area contributed by atoms with Gasteiger partial charge in [-0.3, -0.25) is 0 Å². The van der Waals surface area contributed by atoms with Crippen LogP contribution in [0.5, 0.6) is 5.75 Å². The summed E-state index contributed by atoms with van der Waals surface area (Å²) in [6.07, 6.45) is 5.18. The van der Waals surface area contributed by atoms with Crippen molar-refractivity contribution in [3.05, 3.63) is 101 Å². The van der Waals surface area contributed by atoms with Crippen molar-refractivity contribution in [2.24, 2.45) is 0 Å². The highest BCUT2D eigenvalue weighted by Crippen LogP contribution is 2.44. The average Bonchev–Trinajstić information content (AvgIpc) is 2.87. The summed E-state index contributed by atoms with van der Waals surface area (Å²) in [6.45, 7) is 7.58. The summed E-state index contributed by atoms with van der Waals surface area (Å²) in [5, 5.41) is 10.1. The van der Waals surface area contributed by atoms with E-state index in [9.17, 15) is 9.90 Å². The molecule has 2 atom stereocenters. The molecule has 0 fully saturated rings. The molecule has 0 amide bonds. The van der Waals surface area contributed by atoms with Crippen molar-refractivity contribution in [2.75, 3.05) is 18.6 Å². The zero-order valence-electron chi connectivity index (χ0n) is 20.4. The van der Waals surface area contributed by atoms with Crippen LogP contribution in [0.3, 0.4) is 0 Å². The number of rotatable bonds is 6. The molecule has 0 aromatic heterocycles. The lowest BCUT2D eigenvalue weighted by Gasteiger charge is -2.48. The second-order valence-corrected chi connectivity index (χ2v) is 9.19. The van der Waals surface area contributed by atoms with Crippen molar-refractivity contribution in [1.29, 1.82) is 0 Å². The van der Waals surface area contributed by atoms with E-state index >= 15 is 0 Å². The molecule has 1 N–H and O–H groups in total. The minimum atomic E-state index is -0.413. The highest BCUT2D eigenvalue weighted by Gasteiger charge is 2.40. The smallest absolute Gasteiger partial charge is 0.330 e. The largest absolute Gasteiger partial charge is 0.508 e. The molecule has 1 heterocycles. The monoisotopic (exact) mass is 455 g/mol. The second kappa shape index (κ2) is 9.76. The third-order valence-corrected chi connectivity index (χ3v) is 7.23. The summed E-state index contributed by atoms with van der Waals surface area (Å²) in [5.41, 5.74) is 6.58. The molecule has 2 unspecified atom stereocenters. The molecule has 1 aliphatic heterocycles. The summed E-state index contributed by atoms with van der Waals surface area (Å²) < 4.78 is 4.70. The molecule has 0 bridgehead atoms. The summed E-state index contributed by atoms with van der Waals surface area (Å²) in [6, 6.07) is 23.0. The number of phenols is 1. The van der Waals surface area contributed by atoms with Crippen LogP contribution >= 0.6 is 0 Å². The van der Waals surface area contributed by atoms with Crippen LogP contribution in [0.25, 0.3) is 6.08 Å². The van der Waals surface area contributed by atoms with Gasteiger partial charge >= 0.3 is 5.97 Å². The van der Waals surface area contributed by atoms with Crippen LogP contribution in [-0.2, 0) is 21.5 Å². The number of methoxy groups -OCH3 is 1. The molecular weight excluding hydrogens is 422 g/mol. The molecule has 4 nitrogen and oxygen atoms in total. The number of nitrogens with zero attached hydrogens (tertiary/aromatic N) is 1. The SMILES string of the molecule is CCC(C)c1ccc(N2CCc3cc(O)ccc3C2(C)c2ccc(/C=C/C(=O)OC)cc2)cc1. The van der Waals surface area contributed by atoms with Gasteiger partial charge in [-0.2, -0.15) is 0 Å². The maximum Gasteiger partial charge on any atom is 0.330 e. The fourth-order valence-electron chi connectivity index (χ4n) is 4.93. The highest BCUT2D eigenvalue weighted by atomic mass is 16.5. The van der Waals surface area contributed by atoms with Gasteiger partial charge < -0.3 is 14.7 Å². The minimum absolute atomic E-state index is 0.302. The van der Waals surface area contributed by atoms with Gasteiger partial charge in [0.15, 0.2) is 0 Å². The summed E-state index contributed by atoms with van der Waals surface area (Å²) in [4.78, 5) is 13.9. The van der Waals surface area contributed by atoms with Gasteiger partial charge in [0.05, 0.1) is 12.6 Å². The number of hydrogen-bond donors (Lipinski definition) is 1. The lowest BCUT2D eigenvalue weighted by atomic mass is 9.76. The van der Waals surface area contributed by atoms with Crippen LogP contribution in [0.2, 0.25) is 0 Å². The molecule has 3 aromatic rings. The Kier molecular flexibility index (Phi) is 6.78. The summed E-state index contributed by atoms with van der Waals surface area (Å²) in [5.74, 6) is 0.468. The normalized spacial score (nSPS) is 18.5. The Morgan fingerprint density at radius 2 is 1.82 bits per heavy atom. The zero-order valence-corrected chi connectivity index (χ0v) is 20.4. The van der Waals surface area contributed by atoms with E-state index in [1.54, 1.807) is 12.1 Å². The average molecular weight is 456 g/mol. The molecular formula is C30H33NO3. The standard InChI is InChI=1S/C30H33NO3/c1-5-21(2)23-9-13-26(14-10-23)31-19-18-24-20-27(32)15-16-28(24)30(31,3)25-11-6-22(7-12-25)8-17-29(33)34-4/h6-17,20-21,32H,5,18-19H2,1-4H3/b17-8+. The molecule has 34 heavy (non-hydrogen) atoms. The van der Waals surface area contributed by atoms with Crippen LogP contribution < -0.4 is 4.90 Å². The number of phenolic OH excluding ortho intramolecular Hbond substituents is 1. The van der Waals surface area contributed by atoms with Crippen molar-refractivity contribution in [3.8, 4) is 5.75 Å². The number of anilines is 1. The number of hydrogen-bond acceptors (Lipinski definition) is 4. The van der Waals surface area contributed by atoms with Gasteiger partial charge in [0.2, 0.25) is 0 Å². The topological polar surface area (TPSA) is 49.8 Å². The first-order valence-electron chi connectivity index (χ1n) is 11.9. The Bertz CT molecular complexity index is 1180. The molecule has 0 saturated carbocycles. The van der Waals surface area contributed by atoms with Gasteiger partial charge in [0.1, 0.15) is 5.75 Å². The Hall–Kier alpha value is -3.53. The molecule has 176 valence electrons. The Morgan fingerprint density at radius 3 is 2.47 bits per heavy atom. The van der Waals surface area contributed by atoms with E-state index in [1.165, 1.54) is 35.6 Å². The number of esters is 1. The number of fused-ring (bicyclic) bond motifs is 1. The number of carbonyl (C=O) groups excluding carboxylic acids is 1. The van der Waals surface area contributed by atoms with Crippen LogP contribution in [0.1, 0.15) is 60.9 Å². The maximum absolute atomic E-state index is 11.5. The predicted molar refractivity (Wildman–Crippen MR) is 138 cm³/mol. The van der Waals surface area contributed by atoms with Crippen molar-refractivity contribution in [1.82, 2.24) is 0 Å². The van der Waals surface area contributed by atoms with Gasteiger partial charge in [-0.15, -0.1) is 0 Å². The molecule has 0 spiro atoms. The number of carbonyl (C=O) groups is 1. The Balaban J connectivity index is 1.77. The lowest BCUT2D eigenvalue weighted by Crippen LogP contribution is -2.49. The molecule has 0 aliphatic carbocycles. The van der Waals surface area contributed by atoms with Crippen LogP contribution in [-0.4, -0.2) is 24.7 Å². The van der Waals surface area contributed by atoms with Gasteiger partial charge in [0, 0.05) is 18.3 Å². The molecule has 1 aliphatic rings. The summed E-state index contributed by atoms with van der Waals surface area (Å²) in [7, 11) is 1.37. The summed E-state index contributed by atoms with van der Waals surface area (Å²) >= 11 is 0. The van der Waals surface area contributed by atoms with Gasteiger partial charge in [0.25, 0.3) is 0 Å². The van der Waals surface area contributed by atoms with Crippen molar-refractivity contribution in [2.45, 2.75) is 45.1 Å². The number of ether oxygens (including phenoxy) is 1. The highest BCUT2D eigenvalue weighted by molar-refractivity contribution is 5.86. The third kappa shape index (κ3) is 4.45. The molecule has 4 rings (SSSR count). The van der Waals surface area contributed by atoms with E-state index in [4.69, 9.17) is 4.74 Å². The Morgan fingerprint density at radius 1 is 1.12 bits per heavy atom. The molecule has 4 heteroatoms. The van der Waals surface area contributed by atoms with E-state index in [0.717, 1.165) is 30.5 Å². The molecule has 0 radical (unpaired) electrons. The first kappa shape index (κ1) is 23.6. The number of benzene rings is 3.